The molecule has 10 heteroatoms. The van der Waals surface area contributed by atoms with Gasteiger partial charge in [0.05, 0.1) is 5.69 Å². The first-order valence-electron chi connectivity index (χ1n) is 7.03. The molecule has 1 aromatic rings. The Morgan fingerprint density at radius 2 is 2.08 bits per heavy atom. The van der Waals surface area contributed by atoms with Crippen molar-refractivity contribution in [2.45, 2.75) is 26.3 Å². The van der Waals surface area contributed by atoms with E-state index in [2.05, 4.69) is 5.32 Å². The lowest BCUT2D eigenvalue weighted by Crippen LogP contribution is -2.41. The number of benzene rings is 1. The number of rotatable bonds is 5. The van der Waals surface area contributed by atoms with Gasteiger partial charge in [0.2, 0.25) is 5.91 Å². The lowest BCUT2D eigenvalue weighted by atomic mass is 10.0. The molecular formula is C14H17N3O6S. The van der Waals surface area contributed by atoms with E-state index in [0.717, 1.165) is 4.31 Å². The van der Waals surface area contributed by atoms with Gasteiger partial charge in [0.1, 0.15) is 12.6 Å². The summed E-state index contributed by atoms with van der Waals surface area (Å²) in [6.45, 7) is 2.59. The number of amides is 2. The fourth-order valence-corrected chi connectivity index (χ4v) is 3.68. The van der Waals surface area contributed by atoms with E-state index in [1.807, 2.05) is 4.72 Å². The summed E-state index contributed by atoms with van der Waals surface area (Å²) in [7, 11) is -3.89. The molecule has 24 heavy (non-hydrogen) atoms. The van der Waals surface area contributed by atoms with Crippen LogP contribution in [0.1, 0.15) is 18.1 Å². The third-order valence-corrected chi connectivity index (χ3v) is 4.86. The number of anilines is 1. The molecule has 2 amide bonds. The average molecular weight is 355 g/mol. The Balaban J connectivity index is 2.25. The van der Waals surface area contributed by atoms with Crippen LogP contribution in [-0.4, -0.2) is 43.9 Å². The zero-order chi connectivity index (χ0) is 18.1. The normalized spacial score (nSPS) is 17.2. The van der Waals surface area contributed by atoms with E-state index >= 15 is 0 Å². The Hall–Kier alpha value is -2.62. The van der Waals surface area contributed by atoms with Crippen LogP contribution in [0.25, 0.3) is 0 Å². The number of aryl methyl sites for hydroxylation is 1. The fourth-order valence-electron chi connectivity index (χ4n) is 2.47. The molecule has 0 radical (unpaired) electrons. The summed E-state index contributed by atoms with van der Waals surface area (Å²) < 4.78 is 26.6. The number of nitrogens with one attached hydrogen (secondary N) is 2. The molecule has 9 nitrogen and oxygen atoms in total. The monoisotopic (exact) mass is 355 g/mol. The summed E-state index contributed by atoms with van der Waals surface area (Å²) in [4.78, 5) is 33.5. The number of carbonyl (C=O) groups excluding carboxylic acids is 2. The topological polar surface area (TPSA) is 133 Å². The summed E-state index contributed by atoms with van der Waals surface area (Å²) in [6.07, 6.45) is 0.0555. The molecule has 1 heterocycles. The molecule has 1 aliphatic rings. The lowest BCUT2D eigenvalue weighted by Gasteiger charge is -2.19. The van der Waals surface area contributed by atoms with Crippen LogP contribution < -0.4 is 14.3 Å². The Labute approximate surface area is 138 Å². The molecule has 1 atom stereocenters. The second-order valence-corrected chi connectivity index (χ2v) is 7.05. The molecule has 0 bridgehead atoms. The minimum atomic E-state index is -3.89. The summed E-state index contributed by atoms with van der Waals surface area (Å²) >= 11 is 0. The number of nitrogens with zero attached hydrogens (tertiary/aromatic N) is 1. The van der Waals surface area contributed by atoms with Crippen LogP contribution in [0, 0.1) is 6.92 Å². The number of aliphatic carboxylic acids is 1. The third-order valence-electron chi connectivity index (χ3n) is 3.47. The zero-order valence-corrected chi connectivity index (χ0v) is 13.9. The van der Waals surface area contributed by atoms with Gasteiger partial charge in [-0.3, -0.25) is 9.59 Å². The predicted octanol–water partition coefficient (Wildman–Crippen LogP) is -0.692. The van der Waals surface area contributed by atoms with Gasteiger partial charge in [-0.25, -0.2) is 13.8 Å². The quantitative estimate of drug-likeness (QED) is 0.640. The van der Waals surface area contributed by atoms with Gasteiger partial charge in [0, 0.05) is 13.3 Å². The van der Waals surface area contributed by atoms with Gasteiger partial charge in [-0.15, -0.1) is 0 Å². The van der Waals surface area contributed by atoms with Crippen LogP contribution in [0.15, 0.2) is 18.2 Å². The number of hydrogen-bond acceptors (Lipinski definition) is 5. The van der Waals surface area contributed by atoms with Gasteiger partial charge in [-0.1, -0.05) is 12.1 Å². The number of carboxylic acid groups (broad SMARTS) is 1. The fraction of sp³-hybridized carbons (Fsp3) is 0.357. The highest BCUT2D eigenvalue weighted by atomic mass is 32.2. The molecule has 0 saturated carbocycles. The minimum absolute atomic E-state index is 0.0555. The molecule has 2 rings (SSSR count). The van der Waals surface area contributed by atoms with Gasteiger partial charge in [0.25, 0.3) is 5.91 Å². The molecule has 0 unspecified atom stereocenters. The molecule has 130 valence electrons. The standard InChI is InChI=1S/C14H17N3O6S/c1-8-5-10(6-11(14(20)21)15-9(2)18)3-4-12(8)17-7-13(19)16-24(17,22)23/h3-5,11H,6-7H2,1-2H3,(H,15,18)(H,16,19)(H,20,21)/t11-/m0/s1. The first-order chi connectivity index (χ1) is 11.1. The molecule has 1 fully saturated rings. The van der Waals surface area contributed by atoms with Crippen molar-refractivity contribution in [2.75, 3.05) is 10.8 Å². The molecule has 3 N–H and O–H groups in total. The first kappa shape index (κ1) is 17.7. The third kappa shape index (κ3) is 3.82. The highest BCUT2D eigenvalue weighted by Crippen LogP contribution is 2.26. The molecule has 0 aromatic heterocycles. The van der Waals surface area contributed by atoms with Crippen LogP contribution >= 0.6 is 0 Å². The average Bonchev–Trinajstić information content (AvgIpc) is 2.70. The Bertz CT molecular complexity index is 805. The van der Waals surface area contributed by atoms with Gasteiger partial charge in [0.15, 0.2) is 0 Å². The molecule has 1 aromatic carbocycles. The maximum absolute atomic E-state index is 11.9. The van der Waals surface area contributed by atoms with E-state index in [9.17, 15) is 22.8 Å². The van der Waals surface area contributed by atoms with E-state index in [0.29, 0.717) is 16.8 Å². The Morgan fingerprint density at radius 3 is 2.54 bits per heavy atom. The number of hydrogen-bond donors (Lipinski definition) is 3. The smallest absolute Gasteiger partial charge is 0.326 e. The van der Waals surface area contributed by atoms with Crippen LogP contribution in [0.3, 0.4) is 0 Å². The van der Waals surface area contributed by atoms with Crippen LogP contribution in [0.2, 0.25) is 0 Å². The summed E-state index contributed by atoms with van der Waals surface area (Å²) in [6, 6.07) is 3.63. The van der Waals surface area contributed by atoms with Crippen molar-refractivity contribution < 1.29 is 27.9 Å². The number of carbonyl (C=O) groups is 3. The molecule has 0 spiro atoms. The van der Waals surface area contributed by atoms with E-state index < -0.39 is 34.0 Å². The zero-order valence-electron chi connectivity index (χ0n) is 13.1. The van der Waals surface area contributed by atoms with Crippen molar-refractivity contribution in [3.8, 4) is 0 Å². The second-order valence-electron chi connectivity index (χ2n) is 5.45. The lowest BCUT2D eigenvalue weighted by molar-refractivity contribution is -0.141. The second kappa shape index (κ2) is 6.48. The van der Waals surface area contributed by atoms with Crippen LogP contribution in [0.5, 0.6) is 0 Å². The van der Waals surface area contributed by atoms with Crippen molar-refractivity contribution >= 4 is 33.7 Å². The van der Waals surface area contributed by atoms with E-state index in [-0.39, 0.29) is 13.0 Å². The van der Waals surface area contributed by atoms with Gasteiger partial charge in [-0.2, -0.15) is 8.42 Å². The maximum atomic E-state index is 11.9. The van der Waals surface area contributed by atoms with Crippen molar-refractivity contribution in [1.82, 2.24) is 10.0 Å². The molecular weight excluding hydrogens is 338 g/mol. The Kier molecular flexibility index (Phi) is 4.78. The van der Waals surface area contributed by atoms with Crippen LogP contribution in [0.4, 0.5) is 5.69 Å². The van der Waals surface area contributed by atoms with Gasteiger partial charge >= 0.3 is 16.2 Å². The highest BCUT2D eigenvalue weighted by molar-refractivity contribution is 7.92. The summed E-state index contributed by atoms with van der Waals surface area (Å²) in [5.41, 5.74) is 1.52. The number of carboxylic acids is 1. The van der Waals surface area contributed by atoms with Crippen molar-refractivity contribution in [1.29, 1.82) is 0 Å². The molecule has 1 aliphatic heterocycles. The Morgan fingerprint density at radius 1 is 1.42 bits per heavy atom. The van der Waals surface area contributed by atoms with E-state index in [1.54, 1.807) is 19.1 Å². The maximum Gasteiger partial charge on any atom is 0.326 e. The van der Waals surface area contributed by atoms with Crippen molar-refractivity contribution in [2.24, 2.45) is 0 Å². The predicted molar refractivity (Wildman–Crippen MR) is 84.5 cm³/mol. The van der Waals surface area contributed by atoms with E-state index in [4.69, 9.17) is 5.11 Å². The largest absolute Gasteiger partial charge is 0.480 e. The van der Waals surface area contributed by atoms with Gasteiger partial charge < -0.3 is 10.4 Å². The summed E-state index contributed by atoms with van der Waals surface area (Å²) in [5.74, 6) is -2.23. The first-order valence-corrected chi connectivity index (χ1v) is 8.47. The van der Waals surface area contributed by atoms with Crippen LogP contribution in [-0.2, 0) is 31.0 Å². The van der Waals surface area contributed by atoms with Crippen molar-refractivity contribution in [3.05, 3.63) is 29.3 Å². The van der Waals surface area contributed by atoms with E-state index in [1.165, 1.54) is 13.0 Å². The SMILES string of the molecule is CC(=O)N[C@@H](Cc1ccc(N2CC(=O)NS2(=O)=O)c(C)c1)C(=O)O. The minimum Gasteiger partial charge on any atom is -0.480 e. The van der Waals surface area contributed by atoms with Gasteiger partial charge in [-0.05, 0) is 24.1 Å². The highest BCUT2D eigenvalue weighted by Gasteiger charge is 2.34. The van der Waals surface area contributed by atoms with Crippen molar-refractivity contribution in [3.63, 3.8) is 0 Å². The molecule has 0 aliphatic carbocycles. The summed E-state index contributed by atoms with van der Waals surface area (Å²) in [5, 5.41) is 11.5. The molecule has 1 saturated heterocycles.